The first-order valence-electron chi connectivity index (χ1n) is 9.91. The Balaban J connectivity index is 2.51. The topological polar surface area (TPSA) is 57.6 Å². The van der Waals surface area contributed by atoms with Crippen LogP contribution in [0.3, 0.4) is 0 Å². The van der Waals surface area contributed by atoms with Gasteiger partial charge in [0.15, 0.2) is 0 Å². The van der Waals surface area contributed by atoms with E-state index >= 15 is 0 Å². The van der Waals surface area contributed by atoms with Crippen molar-refractivity contribution in [1.29, 1.82) is 0 Å². The number of hydrogen-bond donors (Lipinski definition) is 1. The molecule has 3 aromatic carbocycles. The maximum atomic E-state index is 14.0. The normalized spacial score (nSPS) is 14.3. The van der Waals surface area contributed by atoms with Gasteiger partial charge in [-0.3, -0.25) is 0 Å². The molecule has 1 atom stereocenters. The van der Waals surface area contributed by atoms with E-state index < -0.39 is 38.4 Å². The van der Waals surface area contributed by atoms with E-state index in [1.165, 1.54) is 0 Å². The highest BCUT2D eigenvalue weighted by atomic mass is 32.3. The second kappa shape index (κ2) is 9.66. The zero-order valence-corrected chi connectivity index (χ0v) is 18.9. The monoisotopic (exact) mass is 483 g/mol. The zero-order chi connectivity index (χ0) is 23.4. The van der Waals surface area contributed by atoms with Crippen molar-refractivity contribution in [2.75, 3.05) is 6.54 Å². The SMILES string of the molecule is CCC(O)CN(S(c1ccccc1)(c1ccccc1)c1ccccc1)S(=O)(=O)C(F)(F)F. The summed E-state index contributed by atoms with van der Waals surface area (Å²) < 4.78 is 68.7. The van der Waals surface area contributed by atoms with Crippen molar-refractivity contribution in [3.8, 4) is 0 Å². The summed E-state index contributed by atoms with van der Waals surface area (Å²) in [6.45, 7) is 0.889. The van der Waals surface area contributed by atoms with Crippen LogP contribution in [0.4, 0.5) is 13.2 Å². The number of aliphatic hydroxyl groups is 1. The maximum Gasteiger partial charge on any atom is 0.512 e. The molecule has 172 valence electrons. The third-order valence-electron chi connectivity index (χ3n) is 4.95. The molecule has 1 N–H and O–H groups in total. The van der Waals surface area contributed by atoms with E-state index in [0.717, 1.165) is 0 Å². The van der Waals surface area contributed by atoms with Gasteiger partial charge in [-0.25, -0.2) is 8.42 Å². The van der Waals surface area contributed by atoms with E-state index in [-0.39, 0.29) is 6.42 Å². The highest BCUT2D eigenvalue weighted by Crippen LogP contribution is 2.72. The molecule has 0 radical (unpaired) electrons. The van der Waals surface area contributed by atoms with Gasteiger partial charge in [0.1, 0.15) is 0 Å². The van der Waals surface area contributed by atoms with Gasteiger partial charge in [0.25, 0.3) is 0 Å². The number of hydrogen-bond acceptors (Lipinski definition) is 3. The van der Waals surface area contributed by atoms with Crippen LogP contribution in [0.5, 0.6) is 0 Å². The Labute approximate surface area is 187 Å². The fourth-order valence-electron chi connectivity index (χ4n) is 3.39. The van der Waals surface area contributed by atoms with E-state index in [2.05, 4.69) is 0 Å². The maximum absolute atomic E-state index is 14.0. The minimum absolute atomic E-state index is 0.0950. The standard InChI is InChI=1S/C23H24F3NO3S2/c1-2-19(28)18-27(32(29,30)23(24,25)26)31(20-12-6-3-7-13-20,21-14-8-4-9-15-21)22-16-10-5-11-17-22/h3-17,19,28H,2,18H2,1H3. The Hall–Kier alpha value is -2.33. The highest BCUT2D eigenvalue weighted by Gasteiger charge is 2.56. The Kier molecular flexibility index (Phi) is 7.34. The fourth-order valence-corrected chi connectivity index (χ4v) is 9.76. The minimum Gasteiger partial charge on any atom is -0.392 e. The number of rotatable bonds is 8. The number of alkyl halides is 3. The van der Waals surface area contributed by atoms with Crippen LogP contribution in [-0.2, 0) is 10.0 Å². The molecule has 0 heterocycles. The molecular weight excluding hydrogens is 459 g/mol. The lowest BCUT2D eigenvalue weighted by Crippen LogP contribution is -2.45. The van der Waals surface area contributed by atoms with Gasteiger partial charge in [-0.2, -0.15) is 13.2 Å². The number of aliphatic hydroxyl groups excluding tert-OH is 1. The molecule has 0 aromatic heterocycles. The van der Waals surface area contributed by atoms with Gasteiger partial charge in [0.05, 0.1) is 12.6 Å². The van der Waals surface area contributed by atoms with Gasteiger partial charge >= 0.3 is 15.5 Å². The summed E-state index contributed by atoms with van der Waals surface area (Å²) in [6.07, 6.45) is -1.19. The molecular formula is C23H24F3NO3S2. The molecule has 0 bridgehead atoms. The molecule has 9 heteroatoms. The van der Waals surface area contributed by atoms with Crippen LogP contribution < -0.4 is 0 Å². The lowest BCUT2D eigenvalue weighted by atomic mass is 10.3. The Morgan fingerprint density at radius 2 is 1.12 bits per heavy atom. The van der Waals surface area contributed by atoms with Crippen molar-refractivity contribution in [3.63, 3.8) is 0 Å². The van der Waals surface area contributed by atoms with Gasteiger partial charge in [0.2, 0.25) is 0 Å². The average molecular weight is 484 g/mol. The third-order valence-corrected chi connectivity index (χ3v) is 11.1. The molecule has 0 aliphatic heterocycles. The molecule has 0 saturated carbocycles. The van der Waals surface area contributed by atoms with Gasteiger partial charge < -0.3 is 5.11 Å². The summed E-state index contributed by atoms with van der Waals surface area (Å²) in [7, 11) is -8.99. The van der Waals surface area contributed by atoms with Crippen LogP contribution in [0.15, 0.2) is 106 Å². The first-order valence-corrected chi connectivity index (χ1v) is 12.9. The van der Waals surface area contributed by atoms with Crippen LogP contribution in [0.2, 0.25) is 0 Å². The summed E-state index contributed by atoms with van der Waals surface area (Å²) in [5, 5.41) is 10.4. The molecule has 0 fully saturated rings. The van der Waals surface area contributed by atoms with Crippen molar-refractivity contribution in [3.05, 3.63) is 91.0 Å². The number of nitrogens with zero attached hydrogens (tertiary/aromatic N) is 1. The summed E-state index contributed by atoms with van der Waals surface area (Å²) in [4.78, 5) is 1.23. The van der Waals surface area contributed by atoms with E-state index in [0.29, 0.717) is 18.4 Å². The Morgan fingerprint density at radius 1 is 0.781 bits per heavy atom. The minimum atomic E-state index is -5.84. The zero-order valence-electron chi connectivity index (χ0n) is 17.3. The molecule has 0 aliphatic rings. The second-order valence-corrected chi connectivity index (χ2v) is 12.1. The van der Waals surface area contributed by atoms with Crippen LogP contribution in [-0.4, -0.2) is 35.4 Å². The quantitative estimate of drug-likeness (QED) is 0.440. The van der Waals surface area contributed by atoms with Gasteiger partial charge in [-0.15, -0.1) is 3.71 Å². The molecule has 0 aliphatic carbocycles. The number of benzene rings is 3. The van der Waals surface area contributed by atoms with Crippen molar-refractivity contribution in [2.45, 2.75) is 39.6 Å². The molecule has 4 nitrogen and oxygen atoms in total. The van der Waals surface area contributed by atoms with Crippen molar-refractivity contribution >= 4 is 20.2 Å². The second-order valence-electron chi connectivity index (χ2n) is 7.02. The number of halogens is 3. The molecule has 0 amide bonds. The average Bonchev–Trinajstić information content (AvgIpc) is 2.80. The van der Waals surface area contributed by atoms with Crippen molar-refractivity contribution in [2.24, 2.45) is 0 Å². The smallest absolute Gasteiger partial charge is 0.392 e. The summed E-state index contributed by atoms with van der Waals surface area (Å²) in [5.41, 5.74) is -5.54. The largest absolute Gasteiger partial charge is 0.512 e. The van der Waals surface area contributed by atoms with Gasteiger partial charge in [-0.05, 0) is 42.8 Å². The first kappa shape index (κ1) is 24.3. The van der Waals surface area contributed by atoms with Crippen molar-refractivity contribution in [1.82, 2.24) is 3.71 Å². The Morgan fingerprint density at radius 3 is 1.41 bits per heavy atom. The summed E-state index contributed by atoms with van der Waals surface area (Å²) in [5.74, 6) is 0. The Bertz CT molecular complexity index is 1010. The lowest BCUT2D eigenvalue weighted by molar-refractivity contribution is -0.0473. The number of sulfonamides is 1. The van der Waals surface area contributed by atoms with E-state index in [1.807, 2.05) is 0 Å². The molecule has 1 unspecified atom stereocenters. The van der Waals surface area contributed by atoms with E-state index in [1.54, 1.807) is 97.9 Å². The van der Waals surface area contributed by atoms with E-state index in [9.17, 15) is 26.7 Å². The predicted molar refractivity (Wildman–Crippen MR) is 120 cm³/mol. The van der Waals surface area contributed by atoms with Crippen molar-refractivity contribution < 1.29 is 26.7 Å². The van der Waals surface area contributed by atoms with Gasteiger partial charge in [-0.1, -0.05) is 71.7 Å². The highest BCUT2D eigenvalue weighted by molar-refractivity contribution is 8.36. The van der Waals surface area contributed by atoms with Crippen LogP contribution >= 0.6 is 10.2 Å². The van der Waals surface area contributed by atoms with Crippen LogP contribution in [0.25, 0.3) is 0 Å². The first-order chi connectivity index (χ1) is 15.2. The lowest BCUT2D eigenvalue weighted by Gasteiger charge is -2.49. The summed E-state index contributed by atoms with van der Waals surface area (Å²) in [6, 6.07) is 24.9. The fraction of sp³-hybridized carbons (Fsp3) is 0.217. The van der Waals surface area contributed by atoms with Crippen LogP contribution in [0, 0.1) is 0 Å². The molecule has 0 saturated heterocycles. The van der Waals surface area contributed by atoms with E-state index in [4.69, 9.17) is 0 Å². The molecule has 3 rings (SSSR count). The predicted octanol–water partition coefficient (Wildman–Crippen LogP) is 5.81. The molecule has 32 heavy (non-hydrogen) atoms. The summed E-state index contributed by atoms with van der Waals surface area (Å²) >= 11 is 0. The van der Waals surface area contributed by atoms with Gasteiger partial charge in [0, 0.05) is 14.7 Å². The molecule has 3 aromatic rings. The third kappa shape index (κ3) is 4.43. The van der Waals surface area contributed by atoms with Crippen LogP contribution in [0.1, 0.15) is 13.3 Å². The molecule has 0 spiro atoms.